The summed E-state index contributed by atoms with van der Waals surface area (Å²) in [5, 5.41) is 5.11. The summed E-state index contributed by atoms with van der Waals surface area (Å²) in [5.41, 5.74) is 0.818. The largest absolute Gasteiger partial charge is 0.315 e. The Bertz CT molecular complexity index is 563. The smallest absolute Gasteiger partial charge is 0.236 e. The van der Waals surface area contributed by atoms with E-state index < -0.39 is 10.0 Å². The van der Waals surface area contributed by atoms with Crippen molar-refractivity contribution in [1.82, 2.24) is 9.62 Å². The van der Waals surface area contributed by atoms with Gasteiger partial charge in [-0.25, -0.2) is 8.42 Å². The fraction of sp³-hybridized carbons (Fsp3) is 0.429. The van der Waals surface area contributed by atoms with Crippen molar-refractivity contribution in [2.24, 2.45) is 0 Å². The molecule has 1 fully saturated rings. The number of nitrogens with one attached hydrogen (secondary N) is 1. The standard InChI is InChI=1S/C14H19ClN2O2S/c1-2-17(14-7-9-16-11-14)20(18,19)10-8-12-3-5-13(15)6-4-12/h3-6,8,10,14,16H,2,7,9,11H2,1H3. The molecule has 1 atom stereocenters. The Morgan fingerprint density at radius 2 is 2.10 bits per heavy atom. The summed E-state index contributed by atoms with van der Waals surface area (Å²) in [4.78, 5) is 0. The van der Waals surface area contributed by atoms with Crippen molar-refractivity contribution in [2.75, 3.05) is 19.6 Å². The minimum Gasteiger partial charge on any atom is -0.315 e. The number of rotatable bonds is 5. The summed E-state index contributed by atoms with van der Waals surface area (Å²) in [7, 11) is -3.38. The van der Waals surface area contributed by atoms with Gasteiger partial charge in [-0.3, -0.25) is 0 Å². The zero-order valence-electron chi connectivity index (χ0n) is 11.4. The molecule has 1 aliphatic heterocycles. The van der Waals surface area contributed by atoms with Gasteiger partial charge in [0.2, 0.25) is 10.0 Å². The molecule has 1 aliphatic rings. The molecular weight excluding hydrogens is 296 g/mol. The zero-order chi connectivity index (χ0) is 14.6. The maximum Gasteiger partial charge on any atom is 0.236 e. The average molecular weight is 315 g/mol. The Labute approximate surface area is 125 Å². The van der Waals surface area contributed by atoms with Gasteiger partial charge in [-0.05, 0) is 36.7 Å². The van der Waals surface area contributed by atoms with Crippen molar-refractivity contribution < 1.29 is 8.42 Å². The third-order valence-electron chi connectivity index (χ3n) is 3.38. The molecule has 1 saturated heterocycles. The normalized spacial score (nSPS) is 20.1. The molecule has 1 aromatic rings. The summed E-state index contributed by atoms with van der Waals surface area (Å²) in [5.74, 6) is 0. The molecule has 4 nitrogen and oxygen atoms in total. The Hall–Kier alpha value is -0.880. The van der Waals surface area contributed by atoms with Gasteiger partial charge in [0, 0.05) is 29.6 Å². The van der Waals surface area contributed by atoms with E-state index in [0.29, 0.717) is 11.6 Å². The predicted octanol–water partition coefficient (Wildman–Crippen LogP) is 2.32. The number of hydrogen-bond acceptors (Lipinski definition) is 3. The number of hydrogen-bond donors (Lipinski definition) is 1. The van der Waals surface area contributed by atoms with Crippen molar-refractivity contribution >= 4 is 27.7 Å². The van der Waals surface area contributed by atoms with E-state index in [-0.39, 0.29) is 6.04 Å². The lowest BCUT2D eigenvalue weighted by Gasteiger charge is -2.24. The second-order valence-corrected chi connectivity index (χ2v) is 6.96. The SMILES string of the molecule is CCN(C1CCNC1)S(=O)(=O)C=Cc1ccc(Cl)cc1. The Balaban J connectivity index is 2.14. The van der Waals surface area contributed by atoms with Gasteiger partial charge >= 0.3 is 0 Å². The molecule has 0 aromatic heterocycles. The van der Waals surface area contributed by atoms with Crippen LogP contribution in [-0.2, 0) is 10.0 Å². The topological polar surface area (TPSA) is 49.4 Å². The summed E-state index contributed by atoms with van der Waals surface area (Å²) < 4.78 is 26.3. The van der Waals surface area contributed by atoms with Gasteiger partial charge in [0.15, 0.2) is 0 Å². The highest BCUT2D eigenvalue weighted by Crippen LogP contribution is 2.16. The van der Waals surface area contributed by atoms with E-state index in [2.05, 4.69) is 5.32 Å². The predicted molar refractivity (Wildman–Crippen MR) is 83.1 cm³/mol. The summed E-state index contributed by atoms with van der Waals surface area (Å²) >= 11 is 5.80. The number of nitrogens with zero attached hydrogens (tertiary/aromatic N) is 1. The molecule has 0 bridgehead atoms. The zero-order valence-corrected chi connectivity index (χ0v) is 13.0. The van der Waals surface area contributed by atoms with Crippen LogP contribution in [0.1, 0.15) is 18.9 Å². The van der Waals surface area contributed by atoms with Gasteiger partial charge in [0.1, 0.15) is 0 Å². The maximum absolute atomic E-state index is 12.4. The number of halogens is 1. The molecule has 0 amide bonds. The molecule has 6 heteroatoms. The van der Waals surface area contributed by atoms with E-state index in [1.54, 1.807) is 34.6 Å². The minimum atomic E-state index is -3.38. The fourth-order valence-corrected chi connectivity index (χ4v) is 3.91. The molecule has 110 valence electrons. The van der Waals surface area contributed by atoms with Crippen LogP contribution in [0.2, 0.25) is 5.02 Å². The van der Waals surface area contributed by atoms with Crippen molar-refractivity contribution in [3.05, 3.63) is 40.3 Å². The molecule has 0 aliphatic carbocycles. The number of sulfonamides is 1. The van der Waals surface area contributed by atoms with E-state index in [1.807, 2.05) is 6.92 Å². The monoisotopic (exact) mass is 314 g/mol. The maximum atomic E-state index is 12.4. The molecule has 0 spiro atoms. The van der Waals surface area contributed by atoms with E-state index >= 15 is 0 Å². The lowest BCUT2D eigenvalue weighted by Crippen LogP contribution is -2.40. The van der Waals surface area contributed by atoms with Crippen LogP contribution in [0, 0.1) is 0 Å². The number of likely N-dealkylation sites (N-methyl/N-ethyl adjacent to an activating group) is 1. The fourth-order valence-electron chi connectivity index (χ4n) is 2.35. The van der Waals surface area contributed by atoms with Crippen molar-refractivity contribution in [1.29, 1.82) is 0 Å². The summed E-state index contributed by atoms with van der Waals surface area (Å²) in [6.45, 7) is 3.95. The first-order valence-corrected chi connectivity index (χ1v) is 8.57. The van der Waals surface area contributed by atoms with Crippen LogP contribution >= 0.6 is 11.6 Å². The first-order valence-electron chi connectivity index (χ1n) is 6.69. The second kappa shape index (κ2) is 6.72. The Morgan fingerprint density at radius 3 is 2.65 bits per heavy atom. The van der Waals surface area contributed by atoms with Gasteiger partial charge < -0.3 is 5.32 Å². The molecule has 1 N–H and O–H groups in total. The Kier molecular flexibility index (Phi) is 5.21. The van der Waals surface area contributed by atoms with Crippen molar-refractivity contribution in [3.8, 4) is 0 Å². The highest BCUT2D eigenvalue weighted by molar-refractivity contribution is 7.92. The minimum absolute atomic E-state index is 0.0554. The second-order valence-electron chi connectivity index (χ2n) is 4.75. The van der Waals surface area contributed by atoms with Crippen LogP contribution < -0.4 is 5.32 Å². The molecule has 1 heterocycles. The molecule has 1 unspecified atom stereocenters. The average Bonchev–Trinajstić information content (AvgIpc) is 2.92. The van der Waals surface area contributed by atoms with E-state index in [1.165, 1.54) is 5.41 Å². The van der Waals surface area contributed by atoms with E-state index in [0.717, 1.165) is 25.1 Å². The van der Waals surface area contributed by atoms with Gasteiger partial charge in [-0.1, -0.05) is 30.7 Å². The van der Waals surface area contributed by atoms with E-state index in [4.69, 9.17) is 11.6 Å². The lowest BCUT2D eigenvalue weighted by atomic mass is 10.2. The summed E-state index contributed by atoms with van der Waals surface area (Å²) in [6, 6.07) is 7.13. The molecule has 0 saturated carbocycles. The molecule has 1 aromatic carbocycles. The van der Waals surface area contributed by atoms with Crippen molar-refractivity contribution in [2.45, 2.75) is 19.4 Å². The molecular formula is C14H19ClN2O2S. The molecule has 2 rings (SSSR count). The van der Waals surface area contributed by atoms with Crippen LogP contribution in [0.3, 0.4) is 0 Å². The number of benzene rings is 1. The highest BCUT2D eigenvalue weighted by Gasteiger charge is 2.28. The van der Waals surface area contributed by atoms with Crippen molar-refractivity contribution in [3.63, 3.8) is 0 Å². The van der Waals surface area contributed by atoms with Crippen LogP contribution in [0.4, 0.5) is 0 Å². The lowest BCUT2D eigenvalue weighted by molar-refractivity contribution is 0.353. The Morgan fingerprint density at radius 1 is 1.40 bits per heavy atom. The summed E-state index contributed by atoms with van der Waals surface area (Å²) in [6.07, 6.45) is 2.47. The molecule has 20 heavy (non-hydrogen) atoms. The van der Waals surface area contributed by atoms with Gasteiger partial charge in [-0.2, -0.15) is 4.31 Å². The van der Waals surface area contributed by atoms with E-state index in [9.17, 15) is 8.42 Å². The quantitative estimate of drug-likeness (QED) is 0.907. The van der Waals surface area contributed by atoms with Gasteiger partial charge in [0.05, 0.1) is 0 Å². The van der Waals surface area contributed by atoms with Crippen LogP contribution in [0.5, 0.6) is 0 Å². The van der Waals surface area contributed by atoms with Crippen LogP contribution in [-0.4, -0.2) is 38.4 Å². The van der Waals surface area contributed by atoms with Gasteiger partial charge in [0.25, 0.3) is 0 Å². The first kappa shape index (κ1) is 15.5. The van der Waals surface area contributed by atoms with Gasteiger partial charge in [-0.15, -0.1) is 0 Å². The van der Waals surface area contributed by atoms with Crippen LogP contribution in [0.15, 0.2) is 29.7 Å². The van der Waals surface area contributed by atoms with Crippen LogP contribution in [0.25, 0.3) is 6.08 Å². The highest BCUT2D eigenvalue weighted by atomic mass is 35.5. The first-order chi connectivity index (χ1) is 9.53. The third-order valence-corrected chi connectivity index (χ3v) is 5.32. The third kappa shape index (κ3) is 3.82. The molecule has 0 radical (unpaired) electrons.